The lowest BCUT2D eigenvalue weighted by Crippen LogP contribution is -1.93. The van der Waals surface area contributed by atoms with Gasteiger partial charge >= 0.3 is 0 Å². The fourth-order valence-electron chi connectivity index (χ4n) is 3.14. The normalized spacial score (nSPS) is 12.6. The van der Waals surface area contributed by atoms with E-state index in [0.29, 0.717) is 33.5 Å². The summed E-state index contributed by atoms with van der Waals surface area (Å²) in [7, 11) is 1.72. The lowest BCUT2D eigenvalue weighted by Gasteiger charge is -2.15. The Bertz CT molecular complexity index is 1340. The maximum Gasteiger partial charge on any atom is 0.152 e. The van der Waals surface area contributed by atoms with Crippen molar-refractivity contribution in [3.05, 3.63) is 78.9 Å². The molecule has 1 unspecified atom stereocenters. The van der Waals surface area contributed by atoms with Gasteiger partial charge in [-0.2, -0.15) is 10.2 Å². The summed E-state index contributed by atoms with van der Waals surface area (Å²) in [5.41, 5.74) is 2.03. The number of phenols is 1. The van der Waals surface area contributed by atoms with Crippen LogP contribution in [0.4, 0.5) is 28.4 Å². The molecule has 4 aromatic rings. The largest absolute Gasteiger partial charge is 0.768 e. The van der Waals surface area contributed by atoms with Gasteiger partial charge in [-0.05, 0) is 53.5 Å². The van der Waals surface area contributed by atoms with Gasteiger partial charge in [-0.1, -0.05) is 36.4 Å². The Hall–Kier alpha value is -3.95. The second-order valence-electron chi connectivity index (χ2n) is 6.68. The third-order valence-electron chi connectivity index (χ3n) is 4.70. The number of aromatic hydroxyl groups is 1. The summed E-state index contributed by atoms with van der Waals surface area (Å²) >= 11 is -2.68. The predicted octanol–water partition coefficient (Wildman–Crippen LogP) is 6.66. The number of nitrogens with one attached hydrogen (secondary N) is 1. The first-order valence-corrected chi connectivity index (χ1v) is 10.7. The van der Waals surface area contributed by atoms with Crippen LogP contribution in [0.25, 0.3) is 10.8 Å². The highest BCUT2D eigenvalue weighted by Crippen LogP contribution is 2.45. The van der Waals surface area contributed by atoms with Crippen molar-refractivity contribution in [2.45, 2.75) is 4.90 Å². The van der Waals surface area contributed by atoms with Crippen molar-refractivity contribution in [1.82, 2.24) is 0 Å². The minimum Gasteiger partial charge on any atom is -0.768 e. The van der Waals surface area contributed by atoms with E-state index in [1.54, 1.807) is 55.6 Å². The Kier molecular flexibility index (Phi) is 6.29. The number of fused-ring (bicyclic) bond motifs is 1. The van der Waals surface area contributed by atoms with Gasteiger partial charge < -0.3 is 15.0 Å². The number of benzene rings is 4. The molecule has 1 atom stereocenters. The van der Waals surface area contributed by atoms with Crippen LogP contribution in [0.5, 0.6) is 5.75 Å². The minimum absolute atomic E-state index is 0.141. The number of azo groups is 2. The SMILES string of the molecule is CNc1ccc2c(O)c(N=Nc3ccccc3)c(S(=O)[O-])cc2c1N=Nc1ccccc1. The van der Waals surface area contributed by atoms with Gasteiger partial charge in [-0.15, -0.1) is 10.2 Å². The fraction of sp³-hybridized carbons (Fsp3) is 0.0435. The van der Waals surface area contributed by atoms with Gasteiger partial charge in [0.05, 0.1) is 22.0 Å². The average molecular weight is 444 g/mol. The Morgan fingerprint density at radius 2 is 1.34 bits per heavy atom. The maximum absolute atomic E-state index is 12.0. The summed E-state index contributed by atoms with van der Waals surface area (Å²) in [5, 5.41) is 31.4. The molecule has 0 fully saturated rings. The van der Waals surface area contributed by atoms with E-state index >= 15 is 0 Å². The molecule has 160 valence electrons. The Morgan fingerprint density at radius 1 is 0.781 bits per heavy atom. The summed E-state index contributed by atoms with van der Waals surface area (Å²) in [6.45, 7) is 0. The molecule has 0 aromatic heterocycles. The molecule has 0 bridgehead atoms. The van der Waals surface area contributed by atoms with Crippen molar-refractivity contribution in [1.29, 1.82) is 0 Å². The van der Waals surface area contributed by atoms with Crippen molar-refractivity contribution in [3.8, 4) is 5.75 Å². The Labute approximate surface area is 186 Å². The zero-order valence-corrected chi connectivity index (χ0v) is 17.8. The predicted molar refractivity (Wildman–Crippen MR) is 124 cm³/mol. The van der Waals surface area contributed by atoms with Crippen LogP contribution in [0.3, 0.4) is 0 Å². The number of anilines is 1. The van der Waals surface area contributed by atoms with E-state index in [4.69, 9.17) is 0 Å². The number of nitrogens with zero attached hydrogens (tertiary/aromatic N) is 4. The molecular formula is C23H18N5O3S-. The van der Waals surface area contributed by atoms with Crippen molar-refractivity contribution in [2.24, 2.45) is 20.5 Å². The van der Waals surface area contributed by atoms with Crippen LogP contribution in [0.2, 0.25) is 0 Å². The van der Waals surface area contributed by atoms with E-state index < -0.39 is 11.1 Å². The first-order chi connectivity index (χ1) is 15.6. The van der Waals surface area contributed by atoms with Crippen molar-refractivity contribution < 1.29 is 13.9 Å². The molecule has 2 N–H and O–H groups in total. The molecule has 0 aliphatic carbocycles. The average Bonchev–Trinajstić information content (AvgIpc) is 2.82. The highest BCUT2D eigenvalue weighted by Gasteiger charge is 2.18. The number of phenolic OH excluding ortho intramolecular Hbond substituents is 1. The molecular weight excluding hydrogens is 426 g/mol. The second kappa shape index (κ2) is 9.46. The number of hydrogen-bond donors (Lipinski definition) is 2. The van der Waals surface area contributed by atoms with Gasteiger partial charge in [0, 0.05) is 17.8 Å². The monoisotopic (exact) mass is 444 g/mol. The van der Waals surface area contributed by atoms with E-state index in [0.717, 1.165) is 0 Å². The zero-order valence-electron chi connectivity index (χ0n) is 17.0. The fourth-order valence-corrected chi connectivity index (χ4v) is 3.65. The molecule has 0 spiro atoms. The smallest absolute Gasteiger partial charge is 0.152 e. The summed E-state index contributed by atoms with van der Waals surface area (Å²) in [6, 6.07) is 22.8. The molecule has 9 heteroatoms. The van der Waals surface area contributed by atoms with Crippen molar-refractivity contribution in [2.75, 3.05) is 12.4 Å². The quantitative estimate of drug-likeness (QED) is 0.255. The van der Waals surface area contributed by atoms with Gasteiger partial charge in [-0.3, -0.25) is 4.21 Å². The van der Waals surface area contributed by atoms with Crippen LogP contribution in [-0.4, -0.2) is 20.9 Å². The highest BCUT2D eigenvalue weighted by molar-refractivity contribution is 7.79. The lowest BCUT2D eigenvalue weighted by molar-refractivity contribution is 0.480. The van der Waals surface area contributed by atoms with Crippen molar-refractivity contribution in [3.63, 3.8) is 0 Å². The van der Waals surface area contributed by atoms with E-state index in [1.807, 2.05) is 24.3 Å². The van der Waals surface area contributed by atoms with Gasteiger partial charge in [0.25, 0.3) is 0 Å². The third kappa shape index (κ3) is 4.39. The minimum atomic E-state index is -2.68. The van der Waals surface area contributed by atoms with Crippen LogP contribution in [0.1, 0.15) is 0 Å². The van der Waals surface area contributed by atoms with Gasteiger partial charge in [0.1, 0.15) is 11.4 Å². The second-order valence-corrected chi connectivity index (χ2v) is 7.59. The molecule has 4 aromatic carbocycles. The standard InChI is InChI=1S/C23H19N5O3S/c1-24-19-13-12-17-18(21(19)27-25-15-8-4-2-5-9-15)14-20(32(30)31)22(23(17)29)28-26-16-10-6-3-7-11-16/h2-14,24,29H,1H3,(H,30,31)/p-1. The van der Waals surface area contributed by atoms with Crippen LogP contribution in [-0.2, 0) is 11.1 Å². The molecule has 0 radical (unpaired) electrons. The summed E-state index contributed by atoms with van der Waals surface area (Å²) in [5.74, 6) is -0.305. The van der Waals surface area contributed by atoms with Crippen LogP contribution >= 0.6 is 0 Å². The van der Waals surface area contributed by atoms with Gasteiger partial charge in [-0.25, -0.2) is 0 Å². The highest BCUT2D eigenvalue weighted by atomic mass is 32.2. The van der Waals surface area contributed by atoms with Crippen LogP contribution in [0, 0.1) is 0 Å². The van der Waals surface area contributed by atoms with Crippen molar-refractivity contribution >= 4 is 50.3 Å². The molecule has 0 saturated carbocycles. The molecule has 32 heavy (non-hydrogen) atoms. The van der Waals surface area contributed by atoms with Crippen LogP contribution in [0.15, 0.2) is 104 Å². The summed E-state index contributed by atoms with van der Waals surface area (Å²) in [4.78, 5) is -0.195. The number of rotatable bonds is 6. The molecule has 0 heterocycles. The van der Waals surface area contributed by atoms with Gasteiger partial charge in [0.2, 0.25) is 0 Å². The maximum atomic E-state index is 12.0. The first-order valence-electron chi connectivity index (χ1n) is 9.61. The zero-order chi connectivity index (χ0) is 22.5. The van der Waals surface area contributed by atoms with Crippen LogP contribution < -0.4 is 5.32 Å². The summed E-state index contributed by atoms with van der Waals surface area (Å²) < 4.78 is 24.0. The topological polar surface area (TPSA) is 122 Å². The van der Waals surface area contributed by atoms with E-state index in [2.05, 4.69) is 25.8 Å². The molecule has 4 rings (SSSR count). The third-order valence-corrected chi connectivity index (χ3v) is 5.37. The number of hydrogen-bond acceptors (Lipinski definition) is 8. The lowest BCUT2D eigenvalue weighted by atomic mass is 10.1. The molecule has 0 saturated heterocycles. The molecule has 0 aliphatic heterocycles. The first kappa shape index (κ1) is 21.3. The summed E-state index contributed by atoms with van der Waals surface area (Å²) in [6.07, 6.45) is 0. The molecule has 0 aliphatic rings. The van der Waals surface area contributed by atoms with Gasteiger partial charge in [0.15, 0.2) is 5.75 Å². The van der Waals surface area contributed by atoms with E-state index in [-0.39, 0.29) is 16.3 Å². The molecule has 8 nitrogen and oxygen atoms in total. The molecule has 0 amide bonds. The Morgan fingerprint density at radius 3 is 1.88 bits per heavy atom. The Balaban J connectivity index is 1.91. The van der Waals surface area contributed by atoms with E-state index in [1.165, 1.54) is 6.07 Å². The van der Waals surface area contributed by atoms with E-state index in [9.17, 15) is 13.9 Å².